The van der Waals surface area contributed by atoms with E-state index < -0.39 is 17.5 Å². The maximum Gasteiger partial charge on any atom is 0.254 e. The molecular weight excluding hydrogens is 236 g/mol. The maximum absolute atomic E-state index is 13.6. The molecule has 0 spiro atoms. The van der Waals surface area contributed by atoms with Gasteiger partial charge in [0, 0.05) is 6.04 Å². The molecule has 18 heavy (non-hydrogen) atoms. The lowest BCUT2D eigenvalue weighted by atomic mass is 9.88. The van der Waals surface area contributed by atoms with Gasteiger partial charge in [-0.2, -0.15) is 0 Å². The van der Waals surface area contributed by atoms with E-state index in [2.05, 4.69) is 5.32 Å². The zero-order valence-electron chi connectivity index (χ0n) is 11.4. The summed E-state index contributed by atoms with van der Waals surface area (Å²) < 4.78 is 27.0. The van der Waals surface area contributed by atoms with E-state index in [-0.39, 0.29) is 22.6 Å². The number of halogens is 2. The molecule has 0 aliphatic carbocycles. The predicted molar refractivity (Wildman–Crippen MR) is 67.5 cm³/mol. The van der Waals surface area contributed by atoms with Crippen LogP contribution in [0.1, 0.15) is 43.6 Å². The maximum atomic E-state index is 13.6. The van der Waals surface area contributed by atoms with Crippen molar-refractivity contribution in [2.24, 2.45) is 5.41 Å². The van der Waals surface area contributed by atoms with Crippen LogP contribution < -0.4 is 5.32 Å². The highest BCUT2D eigenvalue weighted by Crippen LogP contribution is 2.20. The van der Waals surface area contributed by atoms with Gasteiger partial charge >= 0.3 is 0 Å². The highest BCUT2D eigenvalue weighted by atomic mass is 19.2. The molecule has 1 atom stereocenters. The predicted octanol–water partition coefficient (Wildman–Crippen LogP) is 3.44. The first kappa shape index (κ1) is 14.6. The first-order chi connectivity index (χ1) is 8.14. The van der Waals surface area contributed by atoms with Crippen LogP contribution in [0.4, 0.5) is 8.78 Å². The van der Waals surface area contributed by atoms with Gasteiger partial charge in [0.2, 0.25) is 0 Å². The fourth-order valence-corrected chi connectivity index (χ4v) is 1.31. The van der Waals surface area contributed by atoms with E-state index in [1.807, 2.05) is 27.7 Å². The van der Waals surface area contributed by atoms with E-state index in [9.17, 15) is 13.6 Å². The third-order valence-corrected chi connectivity index (χ3v) is 3.17. The summed E-state index contributed by atoms with van der Waals surface area (Å²) in [7, 11) is 0. The second-order valence-electron chi connectivity index (χ2n) is 5.62. The van der Waals surface area contributed by atoms with Crippen LogP contribution in [0.2, 0.25) is 0 Å². The van der Waals surface area contributed by atoms with Crippen LogP contribution in [0.15, 0.2) is 12.1 Å². The Hall–Kier alpha value is -1.45. The summed E-state index contributed by atoms with van der Waals surface area (Å²) in [5.41, 5.74) is -0.211. The van der Waals surface area contributed by atoms with E-state index in [1.54, 1.807) is 0 Å². The lowest BCUT2D eigenvalue weighted by molar-refractivity contribution is 0.0905. The average Bonchev–Trinajstić information content (AvgIpc) is 2.24. The second kappa shape index (κ2) is 5.04. The minimum absolute atomic E-state index is 0.143. The lowest BCUT2D eigenvalue weighted by Gasteiger charge is -2.28. The van der Waals surface area contributed by atoms with Crippen molar-refractivity contribution >= 4 is 5.91 Å². The number of hydrogen-bond acceptors (Lipinski definition) is 1. The lowest BCUT2D eigenvalue weighted by Crippen LogP contribution is -2.41. The van der Waals surface area contributed by atoms with Crippen LogP contribution in [0.3, 0.4) is 0 Å². The first-order valence-electron chi connectivity index (χ1n) is 5.90. The zero-order valence-corrected chi connectivity index (χ0v) is 11.4. The Bertz CT molecular complexity index is 464. The monoisotopic (exact) mass is 255 g/mol. The second-order valence-corrected chi connectivity index (χ2v) is 5.62. The largest absolute Gasteiger partial charge is 0.349 e. The quantitative estimate of drug-likeness (QED) is 0.861. The Labute approximate surface area is 106 Å². The molecule has 1 N–H and O–H groups in total. The summed E-state index contributed by atoms with van der Waals surface area (Å²) in [6.45, 7) is 9.18. The number of carbonyl (C=O) groups is 1. The van der Waals surface area contributed by atoms with Crippen LogP contribution in [0.5, 0.6) is 0 Å². The molecule has 0 aliphatic rings. The van der Waals surface area contributed by atoms with Crippen LogP contribution in [0, 0.1) is 24.0 Å². The van der Waals surface area contributed by atoms with Gasteiger partial charge in [0.25, 0.3) is 5.91 Å². The molecule has 0 aromatic heterocycles. The Kier molecular flexibility index (Phi) is 4.09. The van der Waals surface area contributed by atoms with Gasteiger partial charge in [-0.05, 0) is 30.9 Å². The van der Waals surface area contributed by atoms with Crippen molar-refractivity contribution in [2.75, 3.05) is 0 Å². The summed E-state index contributed by atoms with van der Waals surface area (Å²) in [5, 5.41) is 2.68. The molecule has 0 heterocycles. The molecule has 4 heteroatoms. The van der Waals surface area contributed by atoms with Crippen LogP contribution in [-0.2, 0) is 0 Å². The molecule has 1 unspecified atom stereocenters. The number of nitrogens with one attached hydrogen (secondary N) is 1. The fourth-order valence-electron chi connectivity index (χ4n) is 1.31. The fraction of sp³-hybridized carbons (Fsp3) is 0.500. The van der Waals surface area contributed by atoms with Crippen molar-refractivity contribution < 1.29 is 13.6 Å². The summed E-state index contributed by atoms with van der Waals surface area (Å²) in [4.78, 5) is 11.9. The van der Waals surface area contributed by atoms with Crippen LogP contribution in [-0.4, -0.2) is 11.9 Å². The number of benzene rings is 1. The number of carbonyl (C=O) groups excluding carboxylic acids is 1. The van der Waals surface area contributed by atoms with Gasteiger partial charge in [-0.25, -0.2) is 8.78 Å². The average molecular weight is 255 g/mol. The molecule has 1 aromatic rings. The Morgan fingerprint density at radius 2 is 1.78 bits per heavy atom. The van der Waals surface area contributed by atoms with E-state index in [1.165, 1.54) is 19.1 Å². The number of rotatable bonds is 2. The topological polar surface area (TPSA) is 29.1 Å². The van der Waals surface area contributed by atoms with Gasteiger partial charge < -0.3 is 5.32 Å². The van der Waals surface area contributed by atoms with Gasteiger partial charge in [0.1, 0.15) is 0 Å². The molecule has 1 rings (SSSR count). The summed E-state index contributed by atoms with van der Waals surface area (Å²) in [5.74, 6) is -2.64. The SMILES string of the molecule is Cc1ccc(C(=O)NC(C)C(C)(C)C)c(F)c1F. The van der Waals surface area contributed by atoms with Crippen LogP contribution in [0.25, 0.3) is 0 Å². The van der Waals surface area contributed by atoms with E-state index in [0.29, 0.717) is 0 Å². The molecular formula is C14H19F2NO. The van der Waals surface area contributed by atoms with Crippen molar-refractivity contribution in [3.63, 3.8) is 0 Å². The molecule has 0 aliphatic heterocycles. The van der Waals surface area contributed by atoms with Crippen LogP contribution >= 0.6 is 0 Å². The summed E-state index contributed by atoms with van der Waals surface area (Å²) in [6, 6.07) is 2.56. The molecule has 0 saturated carbocycles. The van der Waals surface area contributed by atoms with Crippen molar-refractivity contribution in [3.8, 4) is 0 Å². The van der Waals surface area contributed by atoms with E-state index in [0.717, 1.165) is 0 Å². The minimum Gasteiger partial charge on any atom is -0.349 e. The summed E-state index contributed by atoms with van der Waals surface area (Å²) >= 11 is 0. The van der Waals surface area contributed by atoms with Crippen molar-refractivity contribution in [2.45, 2.75) is 40.7 Å². The normalized spacial score (nSPS) is 13.3. The molecule has 0 saturated heterocycles. The van der Waals surface area contributed by atoms with Gasteiger partial charge in [0.05, 0.1) is 5.56 Å². The zero-order chi connectivity index (χ0) is 14.1. The number of amides is 1. The van der Waals surface area contributed by atoms with Crippen molar-refractivity contribution in [3.05, 3.63) is 34.9 Å². The molecule has 0 bridgehead atoms. The molecule has 1 aromatic carbocycles. The number of hydrogen-bond donors (Lipinski definition) is 1. The Balaban J connectivity index is 2.96. The van der Waals surface area contributed by atoms with Gasteiger partial charge in [-0.1, -0.05) is 26.8 Å². The molecule has 1 amide bonds. The van der Waals surface area contributed by atoms with Crippen molar-refractivity contribution in [1.29, 1.82) is 0 Å². The van der Waals surface area contributed by atoms with E-state index in [4.69, 9.17) is 0 Å². The van der Waals surface area contributed by atoms with Gasteiger partial charge in [-0.15, -0.1) is 0 Å². The third kappa shape index (κ3) is 3.06. The number of aryl methyl sites for hydroxylation is 1. The smallest absolute Gasteiger partial charge is 0.254 e. The standard InChI is InChI=1S/C14H19F2NO/c1-8-6-7-10(12(16)11(8)15)13(18)17-9(2)14(3,4)5/h6-7,9H,1-5H3,(H,17,18). The highest BCUT2D eigenvalue weighted by Gasteiger charge is 2.24. The molecule has 100 valence electrons. The third-order valence-electron chi connectivity index (χ3n) is 3.17. The summed E-state index contributed by atoms with van der Waals surface area (Å²) in [6.07, 6.45) is 0. The molecule has 0 radical (unpaired) electrons. The van der Waals surface area contributed by atoms with Gasteiger partial charge in [-0.3, -0.25) is 4.79 Å². The minimum atomic E-state index is -1.09. The Morgan fingerprint density at radius 3 is 2.28 bits per heavy atom. The van der Waals surface area contributed by atoms with Gasteiger partial charge in [0.15, 0.2) is 11.6 Å². The molecule has 2 nitrogen and oxygen atoms in total. The van der Waals surface area contributed by atoms with Crippen molar-refractivity contribution in [1.82, 2.24) is 5.32 Å². The Morgan fingerprint density at radius 1 is 1.22 bits per heavy atom. The highest BCUT2D eigenvalue weighted by molar-refractivity contribution is 5.94. The molecule has 0 fully saturated rings. The van der Waals surface area contributed by atoms with E-state index >= 15 is 0 Å². The first-order valence-corrected chi connectivity index (χ1v) is 5.90.